The van der Waals surface area contributed by atoms with E-state index < -0.39 is 17.9 Å². The predicted molar refractivity (Wildman–Crippen MR) is 80.3 cm³/mol. The summed E-state index contributed by atoms with van der Waals surface area (Å²) < 4.78 is 14.5. The van der Waals surface area contributed by atoms with Gasteiger partial charge in [-0.3, -0.25) is 4.79 Å². The van der Waals surface area contributed by atoms with Crippen LogP contribution in [0.15, 0.2) is 18.2 Å². The van der Waals surface area contributed by atoms with E-state index in [-0.39, 0.29) is 5.82 Å². The molecule has 2 N–H and O–H groups in total. The summed E-state index contributed by atoms with van der Waals surface area (Å²) in [6, 6.07) is 3.76. The lowest BCUT2D eigenvalue weighted by molar-refractivity contribution is -0.139. The van der Waals surface area contributed by atoms with Gasteiger partial charge in [0.2, 0.25) is 0 Å². The van der Waals surface area contributed by atoms with E-state index in [0.717, 1.165) is 0 Å². The van der Waals surface area contributed by atoms with Gasteiger partial charge in [-0.05, 0) is 31.0 Å². The first-order valence-electron chi connectivity index (χ1n) is 6.67. The Labute approximate surface area is 125 Å². The highest BCUT2D eigenvalue weighted by atomic mass is 32.1. The second-order valence-corrected chi connectivity index (χ2v) is 5.87. The van der Waals surface area contributed by atoms with E-state index in [2.05, 4.69) is 5.32 Å². The van der Waals surface area contributed by atoms with Crippen LogP contribution in [0.2, 0.25) is 0 Å². The third kappa shape index (κ3) is 3.05. The van der Waals surface area contributed by atoms with Crippen LogP contribution >= 0.6 is 11.3 Å². The number of aliphatic carboxylic acids is 1. The fourth-order valence-electron chi connectivity index (χ4n) is 2.24. The highest BCUT2D eigenvalue weighted by Gasteiger charge is 2.23. The molecule has 0 unspecified atom stereocenters. The van der Waals surface area contributed by atoms with E-state index in [9.17, 15) is 14.0 Å². The van der Waals surface area contributed by atoms with Crippen molar-refractivity contribution in [2.75, 3.05) is 0 Å². The van der Waals surface area contributed by atoms with Gasteiger partial charge in [-0.15, -0.1) is 11.3 Å². The van der Waals surface area contributed by atoms with Crippen molar-refractivity contribution in [2.45, 2.75) is 32.7 Å². The van der Waals surface area contributed by atoms with Gasteiger partial charge in [0.15, 0.2) is 0 Å². The van der Waals surface area contributed by atoms with E-state index in [1.54, 1.807) is 19.1 Å². The number of nitrogens with one attached hydrogen (secondary N) is 1. The zero-order chi connectivity index (χ0) is 15.6. The van der Waals surface area contributed by atoms with Crippen molar-refractivity contribution in [1.29, 1.82) is 0 Å². The van der Waals surface area contributed by atoms with Crippen LogP contribution in [0.4, 0.5) is 4.39 Å². The molecule has 2 rings (SSSR count). The summed E-state index contributed by atoms with van der Waals surface area (Å²) in [6.07, 6.45) is 1.01. The van der Waals surface area contributed by atoms with Crippen molar-refractivity contribution in [3.63, 3.8) is 0 Å². The Morgan fingerprint density at radius 3 is 2.71 bits per heavy atom. The van der Waals surface area contributed by atoms with Gasteiger partial charge in [0.05, 0.1) is 4.88 Å². The average molecular weight is 309 g/mol. The van der Waals surface area contributed by atoms with E-state index in [1.807, 2.05) is 6.92 Å². The summed E-state index contributed by atoms with van der Waals surface area (Å²) in [5.41, 5.74) is 0.547. The number of hydrogen-bond donors (Lipinski definition) is 2. The molecular weight excluding hydrogens is 293 g/mol. The highest BCUT2D eigenvalue weighted by molar-refractivity contribution is 7.21. The number of rotatable bonds is 5. The average Bonchev–Trinajstić information content (AvgIpc) is 2.77. The summed E-state index contributed by atoms with van der Waals surface area (Å²) in [6.45, 7) is 3.52. The van der Waals surface area contributed by atoms with Crippen LogP contribution in [-0.4, -0.2) is 23.0 Å². The van der Waals surface area contributed by atoms with Crippen LogP contribution in [0, 0.1) is 12.7 Å². The Morgan fingerprint density at radius 1 is 1.43 bits per heavy atom. The second kappa shape index (κ2) is 6.22. The molecule has 0 aliphatic rings. The smallest absolute Gasteiger partial charge is 0.326 e. The van der Waals surface area contributed by atoms with Gasteiger partial charge in [0.25, 0.3) is 5.91 Å². The van der Waals surface area contributed by atoms with Gasteiger partial charge in [-0.1, -0.05) is 19.4 Å². The Bertz CT molecular complexity index is 696. The SMILES string of the molecule is CCC[C@@H](NC(=O)c1sc2cccc(F)c2c1C)C(=O)O. The number of carboxylic acid groups (broad SMARTS) is 1. The molecular formula is C15H16FNO3S. The molecule has 0 fully saturated rings. The van der Waals surface area contributed by atoms with Gasteiger partial charge < -0.3 is 10.4 Å². The number of carbonyl (C=O) groups excluding carboxylic acids is 1. The number of halogens is 1. The highest BCUT2D eigenvalue weighted by Crippen LogP contribution is 2.32. The molecule has 1 amide bonds. The molecule has 0 saturated heterocycles. The first-order chi connectivity index (χ1) is 9.95. The van der Waals surface area contributed by atoms with Gasteiger partial charge in [0.1, 0.15) is 11.9 Å². The lowest BCUT2D eigenvalue weighted by atomic mass is 10.1. The minimum atomic E-state index is -1.06. The quantitative estimate of drug-likeness (QED) is 0.890. The second-order valence-electron chi connectivity index (χ2n) is 4.82. The number of benzene rings is 1. The lowest BCUT2D eigenvalue weighted by Gasteiger charge is -2.13. The van der Waals surface area contributed by atoms with E-state index >= 15 is 0 Å². The molecule has 1 atom stereocenters. The molecule has 0 spiro atoms. The zero-order valence-electron chi connectivity index (χ0n) is 11.8. The summed E-state index contributed by atoms with van der Waals surface area (Å²) in [4.78, 5) is 23.7. The normalized spacial score (nSPS) is 12.3. The molecule has 0 saturated carbocycles. The van der Waals surface area contributed by atoms with E-state index in [1.165, 1.54) is 17.4 Å². The molecule has 0 radical (unpaired) electrons. The third-order valence-electron chi connectivity index (χ3n) is 3.29. The summed E-state index contributed by atoms with van der Waals surface area (Å²) in [7, 11) is 0. The number of fused-ring (bicyclic) bond motifs is 1. The third-order valence-corrected chi connectivity index (χ3v) is 4.55. The number of hydrogen-bond acceptors (Lipinski definition) is 3. The summed E-state index contributed by atoms with van der Waals surface area (Å²) in [5.74, 6) is -1.90. The van der Waals surface area contributed by atoms with Crippen LogP contribution in [0.25, 0.3) is 10.1 Å². The maximum atomic E-state index is 13.8. The monoisotopic (exact) mass is 309 g/mol. The van der Waals surface area contributed by atoms with E-state index in [4.69, 9.17) is 5.11 Å². The Hall–Kier alpha value is -1.95. The zero-order valence-corrected chi connectivity index (χ0v) is 12.6. The molecule has 1 aromatic carbocycles. The maximum Gasteiger partial charge on any atom is 0.326 e. The fraction of sp³-hybridized carbons (Fsp3) is 0.333. The van der Waals surface area contributed by atoms with Gasteiger partial charge >= 0.3 is 5.97 Å². The molecule has 0 bridgehead atoms. The van der Waals surface area contributed by atoms with Crippen molar-refractivity contribution in [3.05, 3.63) is 34.5 Å². The molecule has 0 aliphatic carbocycles. The van der Waals surface area contributed by atoms with Crippen molar-refractivity contribution >= 4 is 33.3 Å². The largest absolute Gasteiger partial charge is 0.480 e. The first-order valence-corrected chi connectivity index (χ1v) is 7.48. The minimum absolute atomic E-state index is 0.359. The van der Waals surface area contributed by atoms with Crippen LogP contribution < -0.4 is 5.32 Å². The summed E-state index contributed by atoms with van der Waals surface area (Å²) >= 11 is 1.17. The molecule has 21 heavy (non-hydrogen) atoms. The number of amides is 1. The molecule has 2 aromatic rings. The summed E-state index contributed by atoms with van der Waals surface area (Å²) in [5, 5.41) is 12.0. The Balaban J connectivity index is 2.33. The van der Waals surface area contributed by atoms with Crippen LogP contribution in [-0.2, 0) is 4.79 Å². The number of carbonyl (C=O) groups is 2. The standard InChI is InChI=1S/C15H16FNO3S/c1-3-5-10(15(19)20)17-14(18)13-8(2)12-9(16)6-4-7-11(12)21-13/h4,6-7,10H,3,5H2,1-2H3,(H,17,18)(H,19,20)/t10-/m1/s1. The number of thiophene rings is 1. The van der Waals surface area contributed by atoms with Gasteiger partial charge in [-0.25, -0.2) is 9.18 Å². The van der Waals surface area contributed by atoms with Crippen LogP contribution in [0.1, 0.15) is 35.0 Å². The Kier molecular flexibility index (Phi) is 4.57. The molecule has 6 heteroatoms. The topological polar surface area (TPSA) is 66.4 Å². The fourth-order valence-corrected chi connectivity index (χ4v) is 3.37. The van der Waals surface area contributed by atoms with Crippen molar-refractivity contribution in [3.8, 4) is 0 Å². The predicted octanol–water partition coefficient (Wildman–Crippen LogP) is 3.33. The molecule has 1 heterocycles. The minimum Gasteiger partial charge on any atom is -0.480 e. The van der Waals surface area contributed by atoms with Crippen LogP contribution in [0.5, 0.6) is 0 Å². The van der Waals surface area contributed by atoms with E-state index in [0.29, 0.717) is 33.4 Å². The Morgan fingerprint density at radius 2 is 2.14 bits per heavy atom. The lowest BCUT2D eigenvalue weighted by Crippen LogP contribution is -2.40. The number of aryl methyl sites for hydroxylation is 1. The molecule has 0 aliphatic heterocycles. The maximum absolute atomic E-state index is 13.8. The van der Waals surface area contributed by atoms with Crippen molar-refractivity contribution in [2.24, 2.45) is 0 Å². The van der Waals surface area contributed by atoms with Gasteiger partial charge in [0, 0.05) is 10.1 Å². The van der Waals surface area contributed by atoms with Crippen LogP contribution in [0.3, 0.4) is 0 Å². The van der Waals surface area contributed by atoms with Gasteiger partial charge in [-0.2, -0.15) is 0 Å². The molecule has 1 aromatic heterocycles. The van der Waals surface area contributed by atoms with Crippen molar-refractivity contribution in [1.82, 2.24) is 5.32 Å². The molecule has 4 nitrogen and oxygen atoms in total. The number of carboxylic acids is 1. The molecule has 112 valence electrons. The van der Waals surface area contributed by atoms with Crippen molar-refractivity contribution < 1.29 is 19.1 Å². The first kappa shape index (κ1) is 15.4.